The lowest BCUT2D eigenvalue weighted by Crippen LogP contribution is -2.13. The summed E-state index contributed by atoms with van der Waals surface area (Å²) in [5, 5.41) is 12.0. The van der Waals surface area contributed by atoms with Crippen LogP contribution in [0.3, 0.4) is 0 Å². The first kappa shape index (κ1) is 14.9. The Kier molecular flexibility index (Phi) is 4.17. The van der Waals surface area contributed by atoms with Gasteiger partial charge in [-0.05, 0) is 24.6 Å². The quantitative estimate of drug-likeness (QED) is 0.899. The fraction of sp³-hybridized carbons (Fsp3) is 0.286. The summed E-state index contributed by atoms with van der Waals surface area (Å²) in [5.74, 6) is 0.691. The molecule has 0 saturated heterocycles. The van der Waals surface area contributed by atoms with Crippen LogP contribution in [0.4, 0.5) is 18.9 Å². The molecule has 1 atom stereocenters. The lowest BCUT2D eigenvalue weighted by atomic mass is 10.1. The van der Waals surface area contributed by atoms with Crippen LogP contribution in [0.5, 0.6) is 0 Å². The van der Waals surface area contributed by atoms with Gasteiger partial charge in [-0.2, -0.15) is 18.4 Å². The van der Waals surface area contributed by atoms with E-state index in [9.17, 15) is 13.2 Å². The zero-order valence-electron chi connectivity index (χ0n) is 11.2. The van der Waals surface area contributed by atoms with Crippen molar-refractivity contribution in [3.8, 4) is 6.07 Å². The molecule has 2 aromatic rings. The number of aromatic amines is 1. The molecule has 0 aliphatic heterocycles. The van der Waals surface area contributed by atoms with Crippen molar-refractivity contribution in [3.05, 3.63) is 47.5 Å². The summed E-state index contributed by atoms with van der Waals surface area (Å²) in [6, 6.07) is 4.85. The smallest absolute Gasteiger partial charge is 0.375 e. The van der Waals surface area contributed by atoms with E-state index in [-0.39, 0.29) is 6.04 Å². The maximum Gasteiger partial charge on any atom is 0.417 e. The fourth-order valence-electron chi connectivity index (χ4n) is 2.01. The van der Waals surface area contributed by atoms with E-state index in [4.69, 9.17) is 5.26 Å². The number of nitrogens with one attached hydrogen (secondary N) is 2. The molecule has 0 fully saturated rings. The lowest BCUT2D eigenvalue weighted by Gasteiger charge is -2.17. The second-order valence-corrected chi connectivity index (χ2v) is 4.45. The van der Waals surface area contributed by atoms with Gasteiger partial charge in [0.2, 0.25) is 0 Å². The Morgan fingerprint density at radius 1 is 1.43 bits per heavy atom. The number of aromatic nitrogens is 2. The molecule has 2 rings (SSSR count). The molecule has 0 amide bonds. The van der Waals surface area contributed by atoms with E-state index in [1.165, 1.54) is 12.1 Å². The van der Waals surface area contributed by atoms with Crippen molar-refractivity contribution in [1.29, 1.82) is 5.26 Å². The highest BCUT2D eigenvalue weighted by molar-refractivity contribution is 5.54. The summed E-state index contributed by atoms with van der Waals surface area (Å²) in [4.78, 5) is 7.07. The number of H-pyrrole nitrogens is 1. The summed E-state index contributed by atoms with van der Waals surface area (Å²) in [5.41, 5.74) is -0.883. The molecule has 4 nitrogen and oxygen atoms in total. The second-order valence-electron chi connectivity index (χ2n) is 4.45. The predicted molar refractivity (Wildman–Crippen MR) is 71.4 cm³/mol. The van der Waals surface area contributed by atoms with Crippen LogP contribution in [-0.4, -0.2) is 9.97 Å². The average molecular weight is 294 g/mol. The zero-order valence-corrected chi connectivity index (χ0v) is 11.2. The fourth-order valence-corrected chi connectivity index (χ4v) is 2.01. The molecular formula is C14H13F3N4. The Morgan fingerprint density at radius 3 is 2.71 bits per heavy atom. The molecule has 0 aliphatic rings. The number of nitriles is 1. The van der Waals surface area contributed by atoms with Crippen molar-refractivity contribution < 1.29 is 13.2 Å². The number of benzene rings is 1. The van der Waals surface area contributed by atoms with Crippen molar-refractivity contribution in [2.45, 2.75) is 25.6 Å². The molecule has 7 heteroatoms. The van der Waals surface area contributed by atoms with Gasteiger partial charge >= 0.3 is 6.18 Å². The molecule has 1 aromatic carbocycles. The molecule has 2 N–H and O–H groups in total. The topological polar surface area (TPSA) is 64.5 Å². The van der Waals surface area contributed by atoms with Crippen LogP contribution in [-0.2, 0) is 6.18 Å². The van der Waals surface area contributed by atoms with Gasteiger partial charge in [0.15, 0.2) is 0 Å². The number of hydrogen-bond acceptors (Lipinski definition) is 3. The summed E-state index contributed by atoms with van der Waals surface area (Å²) >= 11 is 0. The molecule has 110 valence electrons. The Hall–Kier alpha value is -2.49. The standard InChI is InChI=1S/C14H13F3N4/c1-2-12(13-19-5-6-20-13)21-10-3-4-11(14(15,16)17)9(7-10)8-18/h3-7,12,21H,2H2,1H3,(H,19,20). The number of hydrogen-bond donors (Lipinski definition) is 2. The van der Waals surface area contributed by atoms with Gasteiger partial charge in [0.05, 0.1) is 23.2 Å². The van der Waals surface area contributed by atoms with Crippen molar-refractivity contribution >= 4 is 5.69 Å². The third-order valence-corrected chi connectivity index (χ3v) is 3.04. The van der Waals surface area contributed by atoms with E-state index < -0.39 is 17.3 Å². The Bertz CT molecular complexity index is 641. The van der Waals surface area contributed by atoms with Crippen molar-refractivity contribution in [2.75, 3.05) is 5.32 Å². The van der Waals surface area contributed by atoms with E-state index in [2.05, 4.69) is 15.3 Å². The Labute approximate surface area is 119 Å². The van der Waals surface area contributed by atoms with Crippen LogP contribution in [0, 0.1) is 11.3 Å². The molecular weight excluding hydrogens is 281 g/mol. The normalized spacial score (nSPS) is 12.7. The minimum atomic E-state index is -4.53. The van der Waals surface area contributed by atoms with E-state index in [0.717, 1.165) is 6.07 Å². The second kappa shape index (κ2) is 5.87. The van der Waals surface area contributed by atoms with Crippen molar-refractivity contribution in [3.63, 3.8) is 0 Å². The van der Waals surface area contributed by atoms with Crippen LogP contribution in [0.25, 0.3) is 0 Å². The molecule has 0 aliphatic carbocycles. The van der Waals surface area contributed by atoms with Gasteiger partial charge in [0.1, 0.15) is 5.82 Å². The van der Waals surface area contributed by atoms with Gasteiger partial charge in [-0.15, -0.1) is 0 Å². The highest BCUT2D eigenvalue weighted by Gasteiger charge is 2.33. The first-order chi connectivity index (χ1) is 9.95. The molecule has 1 unspecified atom stereocenters. The summed E-state index contributed by atoms with van der Waals surface area (Å²) < 4.78 is 38.2. The highest BCUT2D eigenvalue weighted by atomic mass is 19.4. The first-order valence-corrected chi connectivity index (χ1v) is 6.33. The Balaban J connectivity index is 2.28. The lowest BCUT2D eigenvalue weighted by molar-refractivity contribution is -0.137. The van der Waals surface area contributed by atoms with Crippen LogP contribution in [0.1, 0.15) is 36.3 Å². The van der Waals surface area contributed by atoms with Gasteiger partial charge in [-0.3, -0.25) is 0 Å². The minimum Gasteiger partial charge on any atom is -0.375 e. The van der Waals surface area contributed by atoms with E-state index in [0.29, 0.717) is 17.9 Å². The first-order valence-electron chi connectivity index (χ1n) is 6.33. The van der Waals surface area contributed by atoms with E-state index in [1.54, 1.807) is 18.5 Å². The van der Waals surface area contributed by atoms with Gasteiger partial charge in [-0.25, -0.2) is 4.98 Å². The SMILES string of the molecule is CCC(Nc1ccc(C(F)(F)F)c(C#N)c1)c1ncc[nH]1. The molecule has 0 radical (unpaired) electrons. The number of halogens is 3. The monoisotopic (exact) mass is 294 g/mol. The van der Waals surface area contributed by atoms with Crippen LogP contribution in [0.15, 0.2) is 30.6 Å². The molecule has 0 spiro atoms. The third kappa shape index (κ3) is 3.34. The van der Waals surface area contributed by atoms with Crippen molar-refractivity contribution in [1.82, 2.24) is 9.97 Å². The maximum atomic E-state index is 12.7. The van der Waals surface area contributed by atoms with Crippen molar-refractivity contribution in [2.24, 2.45) is 0 Å². The number of rotatable bonds is 4. The predicted octanol–water partition coefficient (Wildman–Crippen LogP) is 3.86. The minimum absolute atomic E-state index is 0.164. The van der Waals surface area contributed by atoms with Crippen LogP contribution < -0.4 is 5.32 Å². The van der Waals surface area contributed by atoms with Gasteiger partial charge < -0.3 is 10.3 Å². The van der Waals surface area contributed by atoms with Gasteiger partial charge in [0.25, 0.3) is 0 Å². The summed E-state index contributed by atoms with van der Waals surface area (Å²) in [6.45, 7) is 1.93. The number of anilines is 1. The molecule has 0 saturated carbocycles. The summed E-state index contributed by atoms with van der Waals surface area (Å²) in [7, 11) is 0. The number of imidazole rings is 1. The van der Waals surface area contributed by atoms with E-state index in [1.807, 2.05) is 6.92 Å². The molecule has 0 bridgehead atoms. The number of alkyl halides is 3. The molecule has 1 heterocycles. The zero-order chi connectivity index (χ0) is 15.5. The third-order valence-electron chi connectivity index (χ3n) is 3.04. The van der Waals surface area contributed by atoms with Gasteiger partial charge in [0, 0.05) is 18.1 Å². The molecule has 21 heavy (non-hydrogen) atoms. The van der Waals surface area contributed by atoms with E-state index >= 15 is 0 Å². The van der Waals surface area contributed by atoms with Crippen LogP contribution >= 0.6 is 0 Å². The molecule has 1 aromatic heterocycles. The largest absolute Gasteiger partial charge is 0.417 e. The Morgan fingerprint density at radius 2 is 2.19 bits per heavy atom. The average Bonchev–Trinajstić information content (AvgIpc) is 2.97. The van der Waals surface area contributed by atoms with Crippen LogP contribution in [0.2, 0.25) is 0 Å². The number of nitrogens with zero attached hydrogens (tertiary/aromatic N) is 2. The van der Waals surface area contributed by atoms with Gasteiger partial charge in [-0.1, -0.05) is 6.92 Å². The summed E-state index contributed by atoms with van der Waals surface area (Å²) in [6.07, 6.45) is -0.564. The maximum absolute atomic E-state index is 12.7. The highest BCUT2D eigenvalue weighted by Crippen LogP contribution is 2.33.